The average molecular weight is 377 g/mol. The standard InChI is InChI=1S/C21H20FN5O/c1-12-7-8-28-18-5-3-15(22)9-16(18)13(2)26-19-6-4-17-21(27-19)20(25-12)14(10-23)11-24-17/h3-6,9,11-13,25H,7-8H2,1-2H3,(H,26,27)/t12-,13+/m0/s1. The van der Waals surface area contributed by atoms with Crippen LogP contribution >= 0.6 is 0 Å². The number of nitriles is 1. The number of aromatic nitrogens is 2. The second-order valence-corrected chi connectivity index (χ2v) is 6.95. The highest BCUT2D eigenvalue weighted by Gasteiger charge is 2.18. The summed E-state index contributed by atoms with van der Waals surface area (Å²) in [6.07, 6.45) is 2.26. The molecule has 0 amide bonds. The minimum Gasteiger partial charge on any atom is -0.493 e. The van der Waals surface area contributed by atoms with Crippen molar-refractivity contribution in [2.45, 2.75) is 32.4 Å². The predicted molar refractivity (Wildman–Crippen MR) is 106 cm³/mol. The van der Waals surface area contributed by atoms with Crippen molar-refractivity contribution in [1.82, 2.24) is 9.97 Å². The van der Waals surface area contributed by atoms with Crippen molar-refractivity contribution in [2.24, 2.45) is 0 Å². The van der Waals surface area contributed by atoms with Crippen LogP contribution in [-0.4, -0.2) is 22.6 Å². The fourth-order valence-corrected chi connectivity index (χ4v) is 3.33. The summed E-state index contributed by atoms with van der Waals surface area (Å²) in [5.74, 6) is 0.944. The van der Waals surface area contributed by atoms with E-state index in [1.807, 2.05) is 26.0 Å². The molecule has 0 aliphatic carbocycles. The van der Waals surface area contributed by atoms with Gasteiger partial charge in [-0.05, 0) is 44.2 Å². The molecule has 0 saturated heterocycles. The molecule has 1 aliphatic rings. The highest BCUT2D eigenvalue weighted by Crippen LogP contribution is 2.31. The first kappa shape index (κ1) is 18.0. The van der Waals surface area contributed by atoms with Crippen molar-refractivity contribution >= 4 is 22.5 Å². The summed E-state index contributed by atoms with van der Waals surface area (Å²) in [6.45, 7) is 4.41. The van der Waals surface area contributed by atoms with E-state index in [1.165, 1.54) is 12.1 Å². The van der Waals surface area contributed by atoms with Crippen LogP contribution in [0.5, 0.6) is 5.75 Å². The van der Waals surface area contributed by atoms with E-state index in [4.69, 9.17) is 4.74 Å². The Balaban J connectivity index is 1.85. The van der Waals surface area contributed by atoms with Gasteiger partial charge in [0.1, 0.15) is 29.0 Å². The molecule has 0 spiro atoms. The third-order valence-electron chi connectivity index (χ3n) is 4.84. The van der Waals surface area contributed by atoms with E-state index in [9.17, 15) is 9.65 Å². The van der Waals surface area contributed by atoms with Crippen LogP contribution in [0.3, 0.4) is 0 Å². The molecular formula is C21H20FN5O. The molecule has 0 saturated carbocycles. The molecule has 1 aromatic carbocycles. The number of fused-ring (bicyclic) bond motifs is 2. The average Bonchev–Trinajstić information content (AvgIpc) is 2.69. The van der Waals surface area contributed by atoms with Gasteiger partial charge >= 0.3 is 0 Å². The van der Waals surface area contributed by atoms with Gasteiger partial charge in [-0.3, -0.25) is 4.98 Å². The molecule has 2 bridgehead atoms. The van der Waals surface area contributed by atoms with E-state index in [-0.39, 0.29) is 17.9 Å². The van der Waals surface area contributed by atoms with Gasteiger partial charge in [-0.1, -0.05) is 0 Å². The van der Waals surface area contributed by atoms with Gasteiger partial charge in [0.05, 0.1) is 29.4 Å². The van der Waals surface area contributed by atoms with E-state index >= 15 is 0 Å². The zero-order valence-corrected chi connectivity index (χ0v) is 15.7. The van der Waals surface area contributed by atoms with Gasteiger partial charge < -0.3 is 15.4 Å². The summed E-state index contributed by atoms with van der Waals surface area (Å²) in [7, 11) is 0. The molecule has 0 radical (unpaired) electrons. The minimum absolute atomic E-state index is 0.0400. The summed E-state index contributed by atoms with van der Waals surface area (Å²) in [5, 5.41) is 16.2. The Morgan fingerprint density at radius 1 is 1.21 bits per heavy atom. The molecule has 3 heterocycles. The highest BCUT2D eigenvalue weighted by molar-refractivity contribution is 5.91. The van der Waals surface area contributed by atoms with Crippen molar-refractivity contribution in [3.63, 3.8) is 0 Å². The lowest BCUT2D eigenvalue weighted by molar-refractivity contribution is 0.300. The Morgan fingerprint density at radius 2 is 2.07 bits per heavy atom. The van der Waals surface area contributed by atoms with Crippen molar-refractivity contribution in [3.05, 3.63) is 53.5 Å². The topological polar surface area (TPSA) is 82.9 Å². The largest absolute Gasteiger partial charge is 0.493 e. The number of ether oxygens (including phenoxy) is 1. The monoisotopic (exact) mass is 377 g/mol. The summed E-state index contributed by atoms with van der Waals surface area (Å²) in [4.78, 5) is 9.03. The maximum Gasteiger partial charge on any atom is 0.127 e. The van der Waals surface area contributed by atoms with Crippen molar-refractivity contribution in [1.29, 1.82) is 5.26 Å². The molecule has 4 rings (SSSR count). The summed E-state index contributed by atoms with van der Waals surface area (Å²) < 4.78 is 19.8. The van der Waals surface area contributed by atoms with Crippen molar-refractivity contribution in [3.8, 4) is 11.8 Å². The van der Waals surface area contributed by atoms with Gasteiger partial charge in [0.15, 0.2) is 0 Å². The van der Waals surface area contributed by atoms with E-state index in [0.29, 0.717) is 46.9 Å². The molecular weight excluding hydrogens is 357 g/mol. The molecule has 2 atom stereocenters. The van der Waals surface area contributed by atoms with Crippen molar-refractivity contribution < 1.29 is 9.13 Å². The molecule has 2 aromatic heterocycles. The fraction of sp³-hybridized carbons (Fsp3) is 0.286. The number of benzene rings is 1. The normalized spacial score (nSPS) is 19.1. The van der Waals surface area contributed by atoms with Gasteiger partial charge in [-0.2, -0.15) is 5.26 Å². The van der Waals surface area contributed by atoms with Crippen LogP contribution in [0.2, 0.25) is 0 Å². The third-order valence-corrected chi connectivity index (χ3v) is 4.84. The molecule has 3 aromatic rings. The Hall–Kier alpha value is -3.40. The van der Waals surface area contributed by atoms with E-state index in [0.717, 1.165) is 5.56 Å². The van der Waals surface area contributed by atoms with Gasteiger partial charge in [0.2, 0.25) is 0 Å². The molecule has 28 heavy (non-hydrogen) atoms. The van der Waals surface area contributed by atoms with Crippen LogP contribution in [0.1, 0.15) is 37.4 Å². The predicted octanol–water partition coefficient (Wildman–Crippen LogP) is 4.40. The first-order chi connectivity index (χ1) is 13.5. The number of nitrogens with one attached hydrogen (secondary N) is 2. The number of pyridine rings is 2. The lowest BCUT2D eigenvalue weighted by Crippen LogP contribution is -2.19. The Kier molecular flexibility index (Phi) is 4.70. The van der Waals surface area contributed by atoms with E-state index in [1.54, 1.807) is 12.3 Å². The number of nitrogens with zero attached hydrogens (tertiary/aromatic N) is 3. The number of anilines is 2. The highest BCUT2D eigenvalue weighted by atomic mass is 19.1. The molecule has 1 aliphatic heterocycles. The second kappa shape index (κ2) is 7.31. The van der Waals surface area contributed by atoms with E-state index < -0.39 is 0 Å². The minimum atomic E-state index is -0.313. The fourth-order valence-electron chi connectivity index (χ4n) is 3.33. The Bertz CT molecular complexity index is 1080. The smallest absolute Gasteiger partial charge is 0.127 e. The molecule has 142 valence electrons. The summed E-state index contributed by atoms with van der Waals surface area (Å²) in [6, 6.07) is 10.2. The molecule has 7 heteroatoms. The number of hydrogen-bond donors (Lipinski definition) is 2. The zero-order valence-electron chi connectivity index (χ0n) is 15.7. The summed E-state index contributed by atoms with van der Waals surface area (Å²) in [5.41, 5.74) is 3.16. The maximum absolute atomic E-state index is 13.8. The zero-order chi connectivity index (χ0) is 19.7. The van der Waals surface area contributed by atoms with Gasteiger partial charge in [0.25, 0.3) is 0 Å². The quantitative estimate of drug-likeness (QED) is 0.604. The second-order valence-electron chi connectivity index (χ2n) is 6.95. The number of hydrogen-bond acceptors (Lipinski definition) is 6. The maximum atomic E-state index is 13.8. The van der Waals surface area contributed by atoms with Crippen LogP contribution in [0.4, 0.5) is 15.9 Å². The van der Waals surface area contributed by atoms with E-state index in [2.05, 4.69) is 26.7 Å². The SMILES string of the molecule is C[C@H]1CCOc2ccc(F)cc2[C@@H](C)Nc2ccc3ncc(C#N)c(c3n2)N1. The van der Waals surface area contributed by atoms with Crippen LogP contribution in [0, 0.1) is 17.1 Å². The lowest BCUT2D eigenvalue weighted by atomic mass is 10.1. The summed E-state index contributed by atoms with van der Waals surface area (Å²) >= 11 is 0. The third kappa shape index (κ3) is 3.41. The molecule has 6 nitrogen and oxygen atoms in total. The van der Waals surface area contributed by atoms with Crippen LogP contribution in [0.25, 0.3) is 11.0 Å². The number of halogens is 1. The lowest BCUT2D eigenvalue weighted by Gasteiger charge is -2.19. The Labute approximate surface area is 162 Å². The molecule has 0 unspecified atom stereocenters. The first-order valence-electron chi connectivity index (χ1n) is 9.20. The van der Waals surface area contributed by atoms with Crippen molar-refractivity contribution in [2.75, 3.05) is 17.2 Å². The molecule has 2 N–H and O–H groups in total. The van der Waals surface area contributed by atoms with Crippen LogP contribution in [0.15, 0.2) is 36.5 Å². The first-order valence-corrected chi connectivity index (χ1v) is 9.20. The Morgan fingerprint density at radius 3 is 2.89 bits per heavy atom. The molecule has 0 fully saturated rings. The van der Waals surface area contributed by atoms with Crippen LogP contribution < -0.4 is 15.4 Å². The number of rotatable bonds is 0. The van der Waals surface area contributed by atoms with Gasteiger partial charge in [-0.15, -0.1) is 0 Å². The van der Waals surface area contributed by atoms with Gasteiger partial charge in [0, 0.05) is 24.2 Å². The van der Waals surface area contributed by atoms with Crippen LogP contribution in [-0.2, 0) is 0 Å². The van der Waals surface area contributed by atoms with Gasteiger partial charge in [-0.25, -0.2) is 9.37 Å².